The van der Waals surface area contributed by atoms with Crippen molar-refractivity contribution in [2.24, 2.45) is 5.73 Å². The molecule has 3 N–H and O–H groups in total. The molecule has 1 aliphatic rings. The van der Waals surface area contributed by atoms with Gasteiger partial charge in [0.1, 0.15) is 11.5 Å². The maximum absolute atomic E-state index is 8.51. The predicted octanol–water partition coefficient (Wildman–Crippen LogP) is 3.39. The maximum Gasteiger partial charge on any atom is 0.119 e. The van der Waals surface area contributed by atoms with Gasteiger partial charge in [0.2, 0.25) is 0 Å². The molecule has 0 spiro atoms. The van der Waals surface area contributed by atoms with Crippen LogP contribution in [-0.4, -0.2) is 19.9 Å². The summed E-state index contributed by atoms with van der Waals surface area (Å²) in [4.78, 5) is 0. The van der Waals surface area contributed by atoms with Crippen LogP contribution in [0.1, 0.15) is 23.1 Å². The zero-order valence-electron chi connectivity index (χ0n) is 13.3. The number of rotatable bonds is 4. The van der Waals surface area contributed by atoms with Gasteiger partial charge in [0.15, 0.2) is 0 Å². The summed E-state index contributed by atoms with van der Waals surface area (Å²) in [6, 6.07) is 13.5. The first-order valence-electron chi connectivity index (χ1n) is 7.53. The normalized spacial score (nSPS) is 13.5. The van der Waals surface area contributed by atoms with E-state index >= 15 is 0 Å². The van der Waals surface area contributed by atoms with E-state index in [4.69, 9.17) is 20.6 Å². The minimum atomic E-state index is 0.471. The van der Waals surface area contributed by atoms with Crippen molar-refractivity contribution in [2.75, 3.05) is 14.2 Å². The molecule has 0 unspecified atom stereocenters. The molecule has 0 aliphatic heterocycles. The summed E-state index contributed by atoms with van der Waals surface area (Å²) in [6.45, 7) is 0. The number of nitrogens with one attached hydrogen (secondary N) is 1. The highest BCUT2D eigenvalue weighted by Gasteiger charge is 2.21. The standard InChI is InChI=1S/C19H20N2O2/c1-22-14-7-4-13(5-8-14)18(20)16-10-6-12-3-9-15(23-2)11-17(12)19(16)21/h3-5,7-9,11,20H,6,10,21H2,1-2H3. The van der Waals surface area contributed by atoms with Gasteiger partial charge in [-0.05, 0) is 54.8 Å². The lowest BCUT2D eigenvalue weighted by molar-refractivity contribution is 0.414. The van der Waals surface area contributed by atoms with Gasteiger partial charge < -0.3 is 15.2 Å². The van der Waals surface area contributed by atoms with Gasteiger partial charge in [-0.1, -0.05) is 6.07 Å². The van der Waals surface area contributed by atoms with Gasteiger partial charge in [0, 0.05) is 22.4 Å². The van der Waals surface area contributed by atoms with Crippen LogP contribution in [0.25, 0.3) is 5.70 Å². The van der Waals surface area contributed by atoms with Crippen molar-refractivity contribution >= 4 is 11.4 Å². The molecule has 0 atom stereocenters. The van der Waals surface area contributed by atoms with Gasteiger partial charge in [-0.2, -0.15) is 0 Å². The fourth-order valence-corrected chi connectivity index (χ4v) is 2.90. The van der Waals surface area contributed by atoms with Gasteiger partial charge in [0.25, 0.3) is 0 Å². The summed E-state index contributed by atoms with van der Waals surface area (Å²) in [5.74, 6) is 1.56. The molecule has 118 valence electrons. The van der Waals surface area contributed by atoms with Gasteiger partial charge in [-0.15, -0.1) is 0 Å². The Balaban J connectivity index is 1.99. The van der Waals surface area contributed by atoms with Crippen molar-refractivity contribution < 1.29 is 9.47 Å². The summed E-state index contributed by atoms with van der Waals surface area (Å²) in [5.41, 5.74) is 11.4. The lowest BCUT2D eigenvalue weighted by atomic mass is 9.85. The van der Waals surface area contributed by atoms with E-state index in [1.165, 1.54) is 5.56 Å². The van der Waals surface area contributed by atoms with Crippen molar-refractivity contribution in [3.8, 4) is 11.5 Å². The number of fused-ring (bicyclic) bond motifs is 1. The van der Waals surface area contributed by atoms with Crippen LogP contribution in [0.3, 0.4) is 0 Å². The Morgan fingerprint density at radius 3 is 2.26 bits per heavy atom. The molecule has 23 heavy (non-hydrogen) atoms. The smallest absolute Gasteiger partial charge is 0.119 e. The lowest BCUT2D eigenvalue weighted by Gasteiger charge is -2.22. The first kappa shape index (κ1) is 15.2. The van der Waals surface area contributed by atoms with E-state index in [9.17, 15) is 0 Å². The molecule has 0 saturated carbocycles. The SMILES string of the molecule is COc1ccc(C(=N)C2=C(N)c3cc(OC)ccc3CC2)cc1. The molecule has 2 aromatic carbocycles. The number of hydrogen-bond donors (Lipinski definition) is 2. The zero-order valence-corrected chi connectivity index (χ0v) is 13.3. The van der Waals surface area contributed by atoms with Crippen molar-refractivity contribution in [3.05, 3.63) is 64.7 Å². The molecule has 0 bridgehead atoms. The molecule has 0 fully saturated rings. The van der Waals surface area contributed by atoms with Crippen LogP contribution in [0.2, 0.25) is 0 Å². The highest BCUT2D eigenvalue weighted by Crippen LogP contribution is 2.32. The van der Waals surface area contributed by atoms with E-state index < -0.39 is 0 Å². The molecular weight excluding hydrogens is 288 g/mol. The Bertz CT molecular complexity index is 776. The fourth-order valence-electron chi connectivity index (χ4n) is 2.90. The third-order valence-corrected chi connectivity index (χ3v) is 4.26. The van der Waals surface area contributed by atoms with Crippen LogP contribution in [0.4, 0.5) is 0 Å². The van der Waals surface area contributed by atoms with Gasteiger partial charge in [0.05, 0.1) is 19.9 Å². The van der Waals surface area contributed by atoms with Crippen LogP contribution in [0.15, 0.2) is 48.0 Å². The quantitative estimate of drug-likeness (QED) is 0.851. The summed E-state index contributed by atoms with van der Waals surface area (Å²) < 4.78 is 10.5. The first-order valence-corrected chi connectivity index (χ1v) is 7.53. The second kappa shape index (κ2) is 6.16. The van der Waals surface area contributed by atoms with Gasteiger partial charge >= 0.3 is 0 Å². The minimum Gasteiger partial charge on any atom is -0.497 e. The number of methoxy groups -OCH3 is 2. The Labute approximate surface area is 136 Å². The van der Waals surface area contributed by atoms with Crippen LogP contribution < -0.4 is 15.2 Å². The topological polar surface area (TPSA) is 68.3 Å². The average Bonchev–Trinajstić information content (AvgIpc) is 2.61. The molecular formula is C19H20N2O2. The van der Waals surface area contributed by atoms with Crippen LogP contribution in [0, 0.1) is 5.41 Å². The molecule has 0 saturated heterocycles. The zero-order chi connectivity index (χ0) is 16.4. The molecule has 4 heteroatoms. The van der Waals surface area contributed by atoms with Crippen LogP contribution in [-0.2, 0) is 6.42 Å². The van der Waals surface area contributed by atoms with E-state index in [2.05, 4.69) is 6.07 Å². The lowest BCUT2D eigenvalue weighted by Crippen LogP contribution is -2.17. The Morgan fingerprint density at radius 1 is 0.957 bits per heavy atom. The van der Waals surface area contributed by atoms with Crippen LogP contribution >= 0.6 is 0 Å². The third kappa shape index (κ3) is 2.80. The Hall–Kier alpha value is -2.75. The highest BCUT2D eigenvalue weighted by molar-refractivity contribution is 6.15. The van der Waals surface area contributed by atoms with Crippen molar-refractivity contribution in [2.45, 2.75) is 12.8 Å². The largest absolute Gasteiger partial charge is 0.497 e. The summed E-state index contributed by atoms with van der Waals surface area (Å²) in [7, 11) is 3.27. The summed E-state index contributed by atoms with van der Waals surface area (Å²) in [6.07, 6.45) is 1.66. The predicted molar refractivity (Wildman–Crippen MR) is 92.2 cm³/mol. The highest BCUT2D eigenvalue weighted by atomic mass is 16.5. The molecule has 1 aliphatic carbocycles. The van der Waals surface area contributed by atoms with Gasteiger partial charge in [-0.3, -0.25) is 5.41 Å². The van der Waals surface area contributed by atoms with Crippen molar-refractivity contribution in [1.82, 2.24) is 0 Å². The number of nitrogens with two attached hydrogens (primary N) is 1. The average molecular weight is 308 g/mol. The molecule has 4 nitrogen and oxygen atoms in total. The molecule has 2 aromatic rings. The second-order valence-electron chi connectivity index (χ2n) is 5.52. The van der Waals surface area contributed by atoms with Crippen molar-refractivity contribution in [1.29, 1.82) is 5.41 Å². The Morgan fingerprint density at radius 2 is 1.61 bits per heavy atom. The summed E-state index contributed by atoms with van der Waals surface area (Å²) in [5, 5.41) is 8.51. The number of aryl methyl sites for hydroxylation is 1. The van der Waals surface area contributed by atoms with E-state index in [0.717, 1.165) is 41.0 Å². The van der Waals surface area contributed by atoms with E-state index in [-0.39, 0.29) is 0 Å². The molecule has 0 radical (unpaired) electrons. The number of allylic oxidation sites excluding steroid dienone is 1. The van der Waals surface area contributed by atoms with E-state index in [0.29, 0.717) is 11.4 Å². The Kier molecular flexibility index (Phi) is 4.06. The number of hydrogen-bond acceptors (Lipinski definition) is 4. The molecule has 0 amide bonds. The van der Waals surface area contributed by atoms with Crippen molar-refractivity contribution in [3.63, 3.8) is 0 Å². The van der Waals surface area contributed by atoms with E-state index in [1.54, 1.807) is 14.2 Å². The fraction of sp³-hybridized carbons (Fsp3) is 0.211. The second-order valence-corrected chi connectivity index (χ2v) is 5.52. The minimum absolute atomic E-state index is 0.471. The molecule has 3 rings (SSSR count). The third-order valence-electron chi connectivity index (χ3n) is 4.26. The number of benzene rings is 2. The first-order chi connectivity index (χ1) is 11.1. The summed E-state index contributed by atoms with van der Waals surface area (Å²) >= 11 is 0. The molecule has 0 heterocycles. The van der Waals surface area contributed by atoms with E-state index in [1.807, 2.05) is 36.4 Å². The number of ether oxygens (including phenoxy) is 2. The van der Waals surface area contributed by atoms with Crippen LogP contribution in [0.5, 0.6) is 11.5 Å². The van der Waals surface area contributed by atoms with Gasteiger partial charge in [-0.25, -0.2) is 0 Å². The maximum atomic E-state index is 8.51. The molecule has 0 aromatic heterocycles. The monoisotopic (exact) mass is 308 g/mol.